The van der Waals surface area contributed by atoms with Crippen LogP contribution in [0.3, 0.4) is 0 Å². The molecule has 0 bridgehead atoms. The lowest BCUT2D eigenvalue weighted by molar-refractivity contribution is -0.120. The van der Waals surface area contributed by atoms with E-state index in [9.17, 15) is 9.59 Å². The van der Waals surface area contributed by atoms with Gasteiger partial charge in [-0.25, -0.2) is 4.98 Å². The number of benzene rings is 1. The van der Waals surface area contributed by atoms with Gasteiger partial charge in [-0.15, -0.1) is 0 Å². The SMILES string of the molecule is CC1CCN(C(=O)c2coc(-c3ccc(CNC(=O)Cc4ccsc4)cc3)n2)CC1. The molecule has 0 unspecified atom stereocenters. The summed E-state index contributed by atoms with van der Waals surface area (Å²) in [5.74, 6) is 1.03. The van der Waals surface area contributed by atoms with E-state index in [1.165, 1.54) is 6.26 Å². The van der Waals surface area contributed by atoms with Crippen molar-refractivity contribution < 1.29 is 14.0 Å². The number of aromatic nitrogens is 1. The minimum absolute atomic E-state index is 0.000406. The van der Waals surface area contributed by atoms with E-state index in [4.69, 9.17) is 4.42 Å². The van der Waals surface area contributed by atoms with Crippen molar-refractivity contribution in [1.29, 1.82) is 0 Å². The van der Waals surface area contributed by atoms with E-state index < -0.39 is 0 Å². The summed E-state index contributed by atoms with van der Waals surface area (Å²) in [5, 5.41) is 6.88. The van der Waals surface area contributed by atoms with Crippen LogP contribution in [0.4, 0.5) is 0 Å². The van der Waals surface area contributed by atoms with Crippen LogP contribution >= 0.6 is 11.3 Å². The number of hydrogen-bond donors (Lipinski definition) is 1. The molecule has 0 saturated carbocycles. The van der Waals surface area contributed by atoms with E-state index in [0.717, 1.165) is 42.6 Å². The Hall–Kier alpha value is -2.93. The third kappa shape index (κ3) is 4.97. The fraction of sp³-hybridized carbons (Fsp3) is 0.348. The summed E-state index contributed by atoms with van der Waals surface area (Å²) < 4.78 is 5.55. The summed E-state index contributed by atoms with van der Waals surface area (Å²) >= 11 is 1.59. The maximum Gasteiger partial charge on any atom is 0.275 e. The van der Waals surface area contributed by atoms with Crippen molar-refractivity contribution in [2.75, 3.05) is 13.1 Å². The quantitative estimate of drug-likeness (QED) is 0.647. The molecule has 0 aliphatic carbocycles. The van der Waals surface area contributed by atoms with Crippen LogP contribution in [0.15, 0.2) is 51.8 Å². The standard InChI is InChI=1S/C23H25N3O3S/c1-16-6-9-26(10-7-16)23(28)20-14-29-22(25-20)19-4-2-17(3-5-19)13-24-21(27)12-18-8-11-30-15-18/h2-5,8,11,14-16H,6-7,9-10,12-13H2,1H3,(H,24,27). The van der Waals surface area contributed by atoms with Crippen molar-refractivity contribution >= 4 is 23.2 Å². The first-order chi connectivity index (χ1) is 14.6. The van der Waals surface area contributed by atoms with Gasteiger partial charge in [-0.05, 0) is 58.8 Å². The third-order valence-electron chi connectivity index (χ3n) is 5.43. The summed E-state index contributed by atoms with van der Waals surface area (Å²) in [7, 11) is 0. The fourth-order valence-electron chi connectivity index (χ4n) is 3.49. The van der Waals surface area contributed by atoms with E-state index in [-0.39, 0.29) is 11.8 Å². The van der Waals surface area contributed by atoms with Gasteiger partial charge in [-0.2, -0.15) is 11.3 Å². The molecule has 2 amide bonds. The number of nitrogens with one attached hydrogen (secondary N) is 1. The van der Waals surface area contributed by atoms with E-state index in [1.54, 1.807) is 11.3 Å². The van der Waals surface area contributed by atoms with Gasteiger partial charge in [0.15, 0.2) is 5.69 Å². The lowest BCUT2D eigenvalue weighted by atomic mass is 9.99. The molecule has 7 heteroatoms. The van der Waals surface area contributed by atoms with Crippen molar-refractivity contribution in [3.05, 3.63) is 64.2 Å². The largest absolute Gasteiger partial charge is 0.444 e. The number of oxazole rings is 1. The molecule has 30 heavy (non-hydrogen) atoms. The number of nitrogens with zero attached hydrogens (tertiary/aromatic N) is 2. The molecular formula is C23H25N3O3S. The minimum atomic E-state index is -0.0677. The Morgan fingerprint density at radius 1 is 1.17 bits per heavy atom. The van der Waals surface area contributed by atoms with Crippen molar-refractivity contribution in [3.8, 4) is 11.5 Å². The highest BCUT2D eigenvalue weighted by Gasteiger charge is 2.24. The Bertz CT molecular complexity index is 987. The minimum Gasteiger partial charge on any atom is -0.444 e. The Balaban J connectivity index is 1.33. The number of rotatable bonds is 6. The van der Waals surface area contributed by atoms with Crippen LogP contribution in [0.5, 0.6) is 0 Å². The smallest absolute Gasteiger partial charge is 0.275 e. The highest BCUT2D eigenvalue weighted by Crippen LogP contribution is 2.22. The molecule has 1 aliphatic heterocycles. The number of piperidine rings is 1. The molecule has 3 aromatic rings. The molecule has 4 rings (SSSR count). The molecule has 1 fully saturated rings. The van der Waals surface area contributed by atoms with Crippen molar-refractivity contribution in [3.63, 3.8) is 0 Å². The average Bonchev–Trinajstić information content (AvgIpc) is 3.45. The molecule has 0 atom stereocenters. The highest BCUT2D eigenvalue weighted by molar-refractivity contribution is 7.08. The van der Waals surface area contributed by atoms with Crippen LogP contribution in [0.1, 0.15) is 41.4 Å². The second-order valence-corrected chi connectivity index (χ2v) is 8.57. The Morgan fingerprint density at radius 3 is 2.63 bits per heavy atom. The van der Waals surface area contributed by atoms with E-state index in [1.807, 2.05) is 46.0 Å². The van der Waals surface area contributed by atoms with E-state index >= 15 is 0 Å². The van der Waals surface area contributed by atoms with Crippen LogP contribution in [0, 0.1) is 5.92 Å². The number of carbonyl (C=O) groups is 2. The molecule has 0 spiro atoms. The monoisotopic (exact) mass is 423 g/mol. The maximum absolute atomic E-state index is 12.6. The fourth-order valence-corrected chi connectivity index (χ4v) is 4.15. The number of hydrogen-bond acceptors (Lipinski definition) is 5. The molecule has 2 aromatic heterocycles. The van der Waals surface area contributed by atoms with Crippen molar-refractivity contribution in [1.82, 2.24) is 15.2 Å². The summed E-state index contributed by atoms with van der Waals surface area (Å²) in [6.45, 7) is 4.23. The van der Waals surface area contributed by atoms with Gasteiger partial charge in [0.1, 0.15) is 6.26 Å². The third-order valence-corrected chi connectivity index (χ3v) is 6.16. The van der Waals surface area contributed by atoms with Gasteiger partial charge in [0.05, 0.1) is 6.42 Å². The van der Waals surface area contributed by atoms with Gasteiger partial charge in [-0.1, -0.05) is 19.1 Å². The van der Waals surface area contributed by atoms with Gasteiger partial charge in [0, 0.05) is 25.2 Å². The summed E-state index contributed by atoms with van der Waals surface area (Å²) in [6.07, 6.45) is 3.89. The number of amides is 2. The van der Waals surface area contributed by atoms with Gasteiger partial charge in [-0.3, -0.25) is 9.59 Å². The van der Waals surface area contributed by atoms with Crippen LogP contribution in [-0.4, -0.2) is 34.8 Å². The average molecular weight is 424 g/mol. The van der Waals surface area contributed by atoms with Crippen LogP contribution in [0.2, 0.25) is 0 Å². The molecule has 0 radical (unpaired) electrons. The molecule has 1 saturated heterocycles. The first-order valence-electron chi connectivity index (χ1n) is 10.2. The predicted molar refractivity (Wildman–Crippen MR) is 116 cm³/mol. The molecule has 156 valence electrons. The van der Waals surface area contributed by atoms with E-state index in [0.29, 0.717) is 30.5 Å². The Labute approximate surface area is 179 Å². The van der Waals surface area contributed by atoms with Crippen LogP contribution in [0.25, 0.3) is 11.5 Å². The Kier molecular flexibility index (Phi) is 6.28. The summed E-state index contributed by atoms with van der Waals surface area (Å²) in [4.78, 5) is 30.9. The highest BCUT2D eigenvalue weighted by atomic mass is 32.1. The second-order valence-electron chi connectivity index (χ2n) is 7.79. The van der Waals surface area contributed by atoms with E-state index in [2.05, 4.69) is 17.2 Å². The van der Waals surface area contributed by atoms with Gasteiger partial charge in [0.2, 0.25) is 11.8 Å². The lowest BCUT2D eigenvalue weighted by Gasteiger charge is -2.29. The summed E-state index contributed by atoms with van der Waals surface area (Å²) in [5.41, 5.74) is 3.17. The normalized spacial score (nSPS) is 14.6. The zero-order valence-electron chi connectivity index (χ0n) is 17.0. The predicted octanol–water partition coefficient (Wildman–Crippen LogP) is 4.13. The number of thiophene rings is 1. The molecule has 1 aromatic carbocycles. The zero-order valence-corrected chi connectivity index (χ0v) is 17.8. The van der Waals surface area contributed by atoms with Gasteiger partial charge in [0.25, 0.3) is 5.91 Å². The van der Waals surface area contributed by atoms with Crippen LogP contribution in [-0.2, 0) is 17.8 Å². The molecule has 1 aliphatic rings. The first kappa shape index (κ1) is 20.3. The number of likely N-dealkylation sites (tertiary alicyclic amines) is 1. The van der Waals surface area contributed by atoms with Crippen molar-refractivity contribution in [2.45, 2.75) is 32.7 Å². The summed E-state index contributed by atoms with van der Waals surface area (Å²) in [6, 6.07) is 9.60. The first-order valence-corrected chi connectivity index (χ1v) is 11.1. The molecule has 1 N–H and O–H groups in total. The molecule has 6 nitrogen and oxygen atoms in total. The van der Waals surface area contributed by atoms with Gasteiger partial charge >= 0.3 is 0 Å². The van der Waals surface area contributed by atoms with Crippen molar-refractivity contribution in [2.24, 2.45) is 5.92 Å². The topological polar surface area (TPSA) is 75.4 Å². The molecule has 3 heterocycles. The Morgan fingerprint density at radius 2 is 1.93 bits per heavy atom. The number of carbonyl (C=O) groups excluding carboxylic acids is 2. The lowest BCUT2D eigenvalue weighted by Crippen LogP contribution is -2.38. The molecular weight excluding hydrogens is 398 g/mol. The maximum atomic E-state index is 12.6. The second kappa shape index (κ2) is 9.26. The van der Waals surface area contributed by atoms with Gasteiger partial charge < -0.3 is 14.6 Å². The zero-order chi connectivity index (χ0) is 20.9. The van der Waals surface area contributed by atoms with Crippen LogP contribution < -0.4 is 5.32 Å².